The highest BCUT2D eigenvalue weighted by Crippen LogP contribution is 2.13. The highest BCUT2D eigenvalue weighted by molar-refractivity contribution is 9.10. The number of hydrazone groups is 1. The number of hydrogen-bond donors (Lipinski definition) is 2. The summed E-state index contributed by atoms with van der Waals surface area (Å²) in [6.45, 7) is 5.61. The van der Waals surface area contributed by atoms with Crippen molar-refractivity contribution in [1.29, 1.82) is 0 Å². The number of rotatable bonds is 3. The van der Waals surface area contributed by atoms with Crippen molar-refractivity contribution in [3.8, 4) is 0 Å². The van der Waals surface area contributed by atoms with Crippen LogP contribution >= 0.6 is 15.9 Å². The van der Waals surface area contributed by atoms with E-state index in [9.17, 15) is 9.59 Å². The van der Waals surface area contributed by atoms with Crippen molar-refractivity contribution in [3.05, 3.63) is 63.6 Å². The molecule has 0 unspecified atom stereocenters. The molecule has 6 heteroatoms. The van der Waals surface area contributed by atoms with Crippen LogP contribution in [0.25, 0.3) is 0 Å². The minimum atomic E-state index is -0.814. The third-order valence-electron chi connectivity index (χ3n) is 3.27. The Balaban J connectivity index is 1.99. The van der Waals surface area contributed by atoms with E-state index in [1.54, 1.807) is 19.1 Å². The van der Waals surface area contributed by atoms with Crippen LogP contribution in [-0.4, -0.2) is 17.5 Å². The molecule has 0 aliphatic carbocycles. The molecule has 2 aromatic rings. The van der Waals surface area contributed by atoms with Gasteiger partial charge in [-0.1, -0.05) is 34.1 Å². The Kier molecular flexibility index (Phi) is 5.87. The molecule has 0 fully saturated rings. The molecule has 5 nitrogen and oxygen atoms in total. The van der Waals surface area contributed by atoms with Crippen molar-refractivity contribution >= 4 is 39.1 Å². The van der Waals surface area contributed by atoms with Gasteiger partial charge >= 0.3 is 11.8 Å². The molecule has 2 N–H and O–H groups in total. The molecule has 124 valence electrons. The maximum Gasteiger partial charge on any atom is 0.329 e. The Labute approximate surface area is 149 Å². The summed E-state index contributed by atoms with van der Waals surface area (Å²) in [6.07, 6.45) is 0. The highest BCUT2D eigenvalue weighted by Gasteiger charge is 2.13. The van der Waals surface area contributed by atoms with Crippen LogP contribution < -0.4 is 10.7 Å². The standard InChI is InChI=1S/C18H18BrN3O2/c1-11-8-12(2)10-16(9-11)20-17(23)18(24)22-21-13(3)14-4-6-15(19)7-5-14/h4-10H,1-3H3,(H,20,23)(H,22,24)/b21-13+. The number of amides is 2. The lowest BCUT2D eigenvalue weighted by Crippen LogP contribution is -2.33. The van der Waals surface area contributed by atoms with E-state index in [0.29, 0.717) is 11.4 Å². The zero-order valence-electron chi connectivity index (χ0n) is 13.7. The summed E-state index contributed by atoms with van der Waals surface area (Å²) in [5, 5.41) is 6.53. The van der Waals surface area contributed by atoms with E-state index in [0.717, 1.165) is 21.2 Å². The van der Waals surface area contributed by atoms with Gasteiger partial charge in [0.05, 0.1) is 5.71 Å². The third kappa shape index (κ3) is 5.03. The molecule has 0 saturated carbocycles. The summed E-state index contributed by atoms with van der Waals surface area (Å²) in [5.74, 6) is -1.57. The van der Waals surface area contributed by atoms with Gasteiger partial charge in [0.25, 0.3) is 0 Å². The van der Waals surface area contributed by atoms with Gasteiger partial charge in [-0.15, -0.1) is 0 Å². The topological polar surface area (TPSA) is 70.6 Å². The number of carbonyl (C=O) groups is 2. The third-order valence-corrected chi connectivity index (χ3v) is 3.80. The summed E-state index contributed by atoms with van der Waals surface area (Å²) >= 11 is 3.35. The zero-order valence-corrected chi connectivity index (χ0v) is 15.3. The smallest absolute Gasteiger partial charge is 0.318 e. The van der Waals surface area contributed by atoms with Gasteiger partial charge in [-0.3, -0.25) is 9.59 Å². The molecule has 0 saturated heterocycles. The number of halogens is 1. The van der Waals surface area contributed by atoms with E-state index in [4.69, 9.17) is 0 Å². The Morgan fingerprint density at radius 3 is 2.12 bits per heavy atom. The van der Waals surface area contributed by atoms with Crippen molar-refractivity contribution < 1.29 is 9.59 Å². The molecule has 0 atom stereocenters. The summed E-state index contributed by atoms with van der Waals surface area (Å²) in [6, 6.07) is 13.1. The van der Waals surface area contributed by atoms with Gasteiger partial charge in [0, 0.05) is 10.2 Å². The lowest BCUT2D eigenvalue weighted by Gasteiger charge is -2.07. The van der Waals surface area contributed by atoms with Crippen LogP contribution in [-0.2, 0) is 9.59 Å². The maximum absolute atomic E-state index is 11.9. The number of hydrogen-bond acceptors (Lipinski definition) is 3. The Bertz CT molecular complexity index is 778. The van der Waals surface area contributed by atoms with E-state index in [1.807, 2.05) is 44.2 Å². The molecule has 2 rings (SSSR count). The Morgan fingerprint density at radius 2 is 1.54 bits per heavy atom. The predicted octanol–water partition coefficient (Wildman–Crippen LogP) is 3.54. The van der Waals surface area contributed by atoms with Crippen molar-refractivity contribution in [3.63, 3.8) is 0 Å². The first-order chi connectivity index (χ1) is 11.3. The molecular formula is C18H18BrN3O2. The largest absolute Gasteiger partial charge is 0.329 e. The number of anilines is 1. The van der Waals surface area contributed by atoms with Crippen LogP contribution in [0.5, 0.6) is 0 Å². The van der Waals surface area contributed by atoms with Gasteiger partial charge in [0.15, 0.2) is 0 Å². The quantitative estimate of drug-likeness (QED) is 0.480. The number of carbonyl (C=O) groups excluding carboxylic acids is 2. The second-order valence-electron chi connectivity index (χ2n) is 5.48. The van der Waals surface area contributed by atoms with Gasteiger partial charge in [-0.05, 0) is 61.7 Å². The van der Waals surface area contributed by atoms with Gasteiger partial charge in [0.1, 0.15) is 0 Å². The minimum Gasteiger partial charge on any atom is -0.318 e. The first-order valence-corrected chi connectivity index (χ1v) is 8.14. The van der Waals surface area contributed by atoms with Crippen LogP contribution in [0.1, 0.15) is 23.6 Å². The van der Waals surface area contributed by atoms with Crippen LogP contribution in [0.3, 0.4) is 0 Å². The van der Waals surface area contributed by atoms with Gasteiger partial charge in [0.2, 0.25) is 0 Å². The summed E-state index contributed by atoms with van der Waals surface area (Å²) < 4.78 is 0.955. The number of aryl methyl sites for hydroxylation is 2. The van der Waals surface area contributed by atoms with Crippen LogP contribution in [0.2, 0.25) is 0 Å². The van der Waals surface area contributed by atoms with Crippen molar-refractivity contribution in [2.75, 3.05) is 5.32 Å². The molecule has 0 bridgehead atoms. The number of nitrogens with zero attached hydrogens (tertiary/aromatic N) is 1. The Morgan fingerprint density at radius 1 is 0.958 bits per heavy atom. The molecule has 0 aromatic heterocycles. The first kappa shape index (κ1) is 17.9. The molecule has 24 heavy (non-hydrogen) atoms. The number of benzene rings is 2. The van der Waals surface area contributed by atoms with Crippen molar-refractivity contribution in [1.82, 2.24) is 5.43 Å². The monoisotopic (exact) mass is 387 g/mol. The predicted molar refractivity (Wildman–Crippen MR) is 99.0 cm³/mol. The van der Waals surface area contributed by atoms with Crippen LogP contribution in [0.4, 0.5) is 5.69 Å². The van der Waals surface area contributed by atoms with Crippen molar-refractivity contribution in [2.45, 2.75) is 20.8 Å². The van der Waals surface area contributed by atoms with E-state index in [2.05, 4.69) is 31.8 Å². The minimum absolute atomic E-state index is 0.585. The second-order valence-corrected chi connectivity index (χ2v) is 6.39. The lowest BCUT2D eigenvalue weighted by atomic mass is 10.1. The maximum atomic E-state index is 11.9. The zero-order chi connectivity index (χ0) is 17.7. The average Bonchev–Trinajstić information content (AvgIpc) is 2.51. The van der Waals surface area contributed by atoms with E-state index >= 15 is 0 Å². The van der Waals surface area contributed by atoms with E-state index in [-0.39, 0.29) is 0 Å². The fraction of sp³-hybridized carbons (Fsp3) is 0.167. The normalized spacial score (nSPS) is 11.1. The van der Waals surface area contributed by atoms with E-state index in [1.165, 1.54) is 0 Å². The highest BCUT2D eigenvalue weighted by atomic mass is 79.9. The molecule has 0 aliphatic rings. The Hall–Kier alpha value is -2.47. The number of nitrogens with one attached hydrogen (secondary N) is 2. The van der Waals surface area contributed by atoms with E-state index < -0.39 is 11.8 Å². The lowest BCUT2D eigenvalue weighted by molar-refractivity contribution is -0.136. The average molecular weight is 388 g/mol. The molecule has 2 amide bonds. The molecule has 0 heterocycles. The summed E-state index contributed by atoms with van der Waals surface area (Å²) in [4.78, 5) is 23.8. The van der Waals surface area contributed by atoms with Gasteiger partial charge in [-0.25, -0.2) is 5.43 Å². The fourth-order valence-corrected chi connectivity index (χ4v) is 2.44. The molecule has 0 spiro atoms. The molecule has 2 aromatic carbocycles. The molecule has 0 aliphatic heterocycles. The molecular weight excluding hydrogens is 370 g/mol. The van der Waals surface area contributed by atoms with Gasteiger partial charge < -0.3 is 5.32 Å². The van der Waals surface area contributed by atoms with Crippen molar-refractivity contribution in [2.24, 2.45) is 5.10 Å². The van der Waals surface area contributed by atoms with Crippen LogP contribution in [0.15, 0.2) is 52.0 Å². The molecule has 0 radical (unpaired) electrons. The van der Waals surface area contributed by atoms with Gasteiger partial charge in [-0.2, -0.15) is 5.10 Å². The fourth-order valence-electron chi connectivity index (χ4n) is 2.18. The summed E-state index contributed by atoms with van der Waals surface area (Å²) in [7, 11) is 0. The second kappa shape index (κ2) is 7.88. The SMILES string of the molecule is C/C(=N\NC(=O)C(=O)Nc1cc(C)cc(C)c1)c1ccc(Br)cc1. The summed E-state index contributed by atoms with van der Waals surface area (Å²) in [5.41, 5.74) is 6.33. The van der Waals surface area contributed by atoms with Crippen LogP contribution in [0, 0.1) is 13.8 Å². The first-order valence-electron chi connectivity index (χ1n) is 7.35.